The minimum absolute atomic E-state index is 0.0889. The van der Waals surface area contributed by atoms with Gasteiger partial charge in [0.2, 0.25) is 11.7 Å². The Bertz CT molecular complexity index is 513. The number of carbonyl (C=O) groups is 1. The van der Waals surface area contributed by atoms with Gasteiger partial charge in [-0.05, 0) is 36.8 Å². The zero-order valence-electron chi connectivity index (χ0n) is 12.2. The number of methoxy groups -OCH3 is 3. The highest BCUT2D eigenvalue weighted by atomic mass is 16.5. The Morgan fingerprint density at radius 2 is 1.95 bits per heavy atom. The van der Waals surface area contributed by atoms with Gasteiger partial charge < -0.3 is 19.9 Å². The molecule has 0 aromatic heterocycles. The van der Waals surface area contributed by atoms with Crippen LogP contribution >= 0.6 is 0 Å². The standard InChI is InChI=1S/C15H21NO4/c1-18-11-7-9-5-4-6-10(8-12(16)17)13(9)15(20-3)14(11)19-2/h7,10H,4-6,8H2,1-3H3,(H2,16,17)/t10-/m1/s1. The summed E-state index contributed by atoms with van der Waals surface area (Å²) in [6.07, 6.45) is 3.24. The number of hydrogen-bond acceptors (Lipinski definition) is 4. The third kappa shape index (κ3) is 2.53. The minimum Gasteiger partial charge on any atom is -0.493 e. The van der Waals surface area contributed by atoms with Crippen molar-refractivity contribution in [3.8, 4) is 17.2 Å². The van der Waals surface area contributed by atoms with Gasteiger partial charge in [0.05, 0.1) is 21.3 Å². The normalized spacial score (nSPS) is 17.2. The van der Waals surface area contributed by atoms with Crippen molar-refractivity contribution in [1.29, 1.82) is 0 Å². The van der Waals surface area contributed by atoms with Crippen molar-refractivity contribution in [3.05, 3.63) is 17.2 Å². The van der Waals surface area contributed by atoms with Gasteiger partial charge in [0.25, 0.3) is 0 Å². The summed E-state index contributed by atoms with van der Waals surface area (Å²) < 4.78 is 16.3. The Labute approximate surface area is 119 Å². The third-order valence-corrected chi connectivity index (χ3v) is 3.81. The first-order valence-corrected chi connectivity index (χ1v) is 6.72. The van der Waals surface area contributed by atoms with E-state index < -0.39 is 0 Å². The monoisotopic (exact) mass is 279 g/mol. The maximum Gasteiger partial charge on any atom is 0.218 e. The fourth-order valence-electron chi connectivity index (χ4n) is 3.01. The van der Waals surface area contributed by atoms with Crippen molar-refractivity contribution in [1.82, 2.24) is 0 Å². The van der Waals surface area contributed by atoms with E-state index in [1.54, 1.807) is 21.3 Å². The van der Waals surface area contributed by atoms with Crippen molar-refractivity contribution in [2.24, 2.45) is 5.73 Å². The van der Waals surface area contributed by atoms with Crippen molar-refractivity contribution < 1.29 is 19.0 Å². The van der Waals surface area contributed by atoms with E-state index in [-0.39, 0.29) is 11.8 Å². The topological polar surface area (TPSA) is 70.8 Å². The molecule has 1 amide bonds. The molecule has 0 spiro atoms. The number of amides is 1. The van der Waals surface area contributed by atoms with E-state index in [0.717, 1.165) is 30.4 Å². The number of nitrogens with two attached hydrogens (primary N) is 1. The zero-order chi connectivity index (χ0) is 14.7. The lowest BCUT2D eigenvalue weighted by Crippen LogP contribution is -2.20. The molecule has 1 atom stereocenters. The number of primary amides is 1. The van der Waals surface area contributed by atoms with E-state index >= 15 is 0 Å². The maximum absolute atomic E-state index is 11.3. The molecule has 0 saturated heterocycles. The molecule has 0 radical (unpaired) electrons. The number of benzene rings is 1. The van der Waals surface area contributed by atoms with E-state index in [0.29, 0.717) is 23.7 Å². The highest BCUT2D eigenvalue weighted by molar-refractivity contribution is 5.75. The molecular weight excluding hydrogens is 258 g/mol. The smallest absolute Gasteiger partial charge is 0.218 e. The van der Waals surface area contributed by atoms with Crippen LogP contribution in [0.5, 0.6) is 17.2 Å². The van der Waals surface area contributed by atoms with Crippen LogP contribution in [0.4, 0.5) is 0 Å². The molecule has 0 saturated carbocycles. The fraction of sp³-hybridized carbons (Fsp3) is 0.533. The van der Waals surface area contributed by atoms with Gasteiger partial charge in [0.15, 0.2) is 11.5 Å². The largest absolute Gasteiger partial charge is 0.493 e. The molecule has 0 fully saturated rings. The van der Waals surface area contributed by atoms with Crippen LogP contribution in [0.3, 0.4) is 0 Å². The molecule has 1 aromatic rings. The number of aryl methyl sites for hydroxylation is 1. The molecule has 1 aliphatic carbocycles. The second-order valence-corrected chi connectivity index (χ2v) is 4.98. The first kappa shape index (κ1) is 14.5. The summed E-state index contributed by atoms with van der Waals surface area (Å²) in [4.78, 5) is 11.3. The SMILES string of the molecule is COc1cc2c(c(OC)c1OC)[C@@H](CC(N)=O)CCC2. The highest BCUT2D eigenvalue weighted by Crippen LogP contribution is 2.48. The second kappa shape index (κ2) is 6.03. The van der Waals surface area contributed by atoms with E-state index in [2.05, 4.69) is 0 Å². The average Bonchev–Trinajstić information content (AvgIpc) is 2.44. The van der Waals surface area contributed by atoms with Gasteiger partial charge in [-0.2, -0.15) is 0 Å². The number of ether oxygens (including phenoxy) is 3. The lowest BCUT2D eigenvalue weighted by Gasteiger charge is -2.28. The molecule has 20 heavy (non-hydrogen) atoms. The van der Waals surface area contributed by atoms with Gasteiger partial charge >= 0.3 is 0 Å². The van der Waals surface area contributed by atoms with Crippen molar-refractivity contribution >= 4 is 5.91 Å². The fourth-order valence-corrected chi connectivity index (χ4v) is 3.01. The van der Waals surface area contributed by atoms with E-state index in [4.69, 9.17) is 19.9 Å². The molecular formula is C15H21NO4. The molecule has 5 nitrogen and oxygen atoms in total. The summed E-state index contributed by atoms with van der Waals surface area (Å²) in [5.41, 5.74) is 7.55. The number of rotatable bonds is 5. The molecule has 0 bridgehead atoms. The lowest BCUT2D eigenvalue weighted by molar-refractivity contribution is -0.118. The Balaban J connectivity index is 2.58. The Morgan fingerprint density at radius 1 is 1.25 bits per heavy atom. The van der Waals surface area contributed by atoms with E-state index in [9.17, 15) is 4.79 Å². The van der Waals surface area contributed by atoms with Gasteiger partial charge in [-0.15, -0.1) is 0 Å². The van der Waals surface area contributed by atoms with Crippen LogP contribution in [0.15, 0.2) is 6.07 Å². The Morgan fingerprint density at radius 3 is 2.50 bits per heavy atom. The van der Waals surface area contributed by atoms with E-state index in [1.807, 2.05) is 6.07 Å². The molecule has 0 unspecified atom stereocenters. The minimum atomic E-state index is -0.292. The zero-order valence-corrected chi connectivity index (χ0v) is 12.2. The summed E-state index contributed by atoms with van der Waals surface area (Å²) in [6.45, 7) is 0. The summed E-state index contributed by atoms with van der Waals surface area (Å²) in [5.74, 6) is 1.69. The van der Waals surface area contributed by atoms with Gasteiger partial charge in [0.1, 0.15) is 0 Å². The van der Waals surface area contributed by atoms with Crippen molar-refractivity contribution in [2.75, 3.05) is 21.3 Å². The first-order chi connectivity index (χ1) is 9.62. The molecule has 2 N–H and O–H groups in total. The predicted molar refractivity (Wildman–Crippen MR) is 75.6 cm³/mol. The van der Waals surface area contributed by atoms with Crippen LogP contribution in [0.1, 0.15) is 36.3 Å². The molecule has 2 rings (SSSR count). The van der Waals surface area contributed by atoms with Gasteiger partial charge in [-0.25, -0.2) is 0 Å². The van der Waals surface area contributed by atoms with E-state index in [1.165, 1.54) is 0 Å². The van der Waals surface area contributed by atoms with Crippen LogP contribution < -0.4 is 19.9 Å². The summed E-state index contributed by atoms with van der Waals surface area (Å²) in [5, 5.41) is 0. The summed E-state index contributed by atoms with van der Waals surface area (Å²) in [6, 6.07) is 1.98. The van der Waals surface area contributed by atoms with Crippen molar-refractivity contribution in [3.63, 3.8) is 0 Å². The Hall–Kier alpha value is -1.91. The van der Waals surface area contributed by atoms with Crippen molar-refractivity contribution in [2.45, 2.75) is 31.6 Å². The van der Waals surface area contributed by atoms with Crippen LogP contribution in [0.2, 0.25) is 0 Å². The number of carbonyl (C=O) groups excluding carboxylic acids is 1. The van der Waals surface area contributed by atoms with Crippen LogP contribution in [0, 0.1) is 0 Å². The number of fused-ring (bicyclic) bond motifs is 1. The molecule has 110 valence electrons. The lowest BCUT2D eigenvalue weighted by atomic mass is 9.80. The molecule has 1 aliphatic rings. The van der Waals surface area contributed by atoms with Gasteiger partial charge in [-0.1, -0.05) is 0 Å². The van der Waals surface area contributed by atoms with Gasteiger partial charge in [-0.3, -0.25) is 4.79 Å². The van der Waals surface area contributed by atoms with Gasteiger partial charge in [0, 0.05) is 12.0 Å². The molecule has 0 heterocycles. The van der Waals surface area contributed by atoms with Crippen LogP contribution in [0.25, 0.3) is 0 Å². The summed E-state index contributed by atoms with van der Waals surface area (Å²) >= 11 is 0. The third-order valence-electron chi connectivity index (χ3n) is 3.81. The maximum atomic E-state index is 11.3. The van der Waals surface area contributed by atoms with Crippen LogP contribution in [-0.4, -0.2) is 27.2 Å². The molecule has 1 aromatic carbocycles. The molecule has 0 aliphatic heterocycles. The van der Waals surface area contributed by atoms with Crippen LogP contribution in [-0.2, 0) is 11.2 Å². The quantitative estimate of drug-likeness (QED) is 0.895. The average molecular weight is 279 g/mol. The molecule has 5 heteroatoms. The Kier molecular flexibility index (Phi) is 4.37. The second-order valence-electron chi connectivity index (χ2n) is 4.98. The first-order valence-electron chi connectivity index (χ1n) is 6.72. The summed E-state index contributed by atoms with van der Waals surface area (Å²) in [7, 11) is 4.79. The highest BCUT2D eigenvalue weighted by Gasteiger charge is 2.29. The number of hydrogen-bond donors (Lipinski definition) is 1. The predicted octanol–water partition coefficient (Wildman–Crippen LogP) is 2.01.